The van der Waals surface area contributed by atoms with Gasteiger partial charge in [0, 0.05) is 19.7 Å². The van der Waals surface area contributed by atoms with Gasteiger partial charge in [-0.15, -0.1) is 0 Å². The van der Waals surface area contributed by atoms with Crippen molar-refractivity contribution in [1.82, 2.24) is 5.32 Å². The Labute approximate surface area is 117 Å². The largest absolute Gasteiger partial charge is 0.491 e. The Bertz CT molecular complexity index is 381. The molecule has 0 saturated carbocycles. The molecule has 1 saturated heterocycles. The van der Waals surface area contributed by atoms with Gasteiger partial charge < -0.3 is 14.8 Å². The number of halogens is 2. The summed E-state index contributed by atoms with van der Waals surface area (Å²) in [4.78, 5) is 0. The second kappa shape index (κ2) is 7.19. The maximum atomic E-state index is 6.02. The lowest BCUT2D eigenvalue weighted by Gasteiger charge is -2.11. The van der Waals surface area contributed by atoms with Crippen molar-refractivity contribution in [2.24, 2.45) is 5.92 Å². The van der Waals surface area contributed by atoms with Gasteiger partial charge in [-0.2, -0.15) is 0 Å². The van der Waals surface area contributed by atoms with E-state index in [9.17, 15) is 0 Å². The number of benzene rings is 1. The zero-order valence-corrected chi connectivity index (χ0v) is 11.6. The van der Waals surface area contributed by atoms with Crippen LogP contribution in [0.2, 0.25) is 10.0 Å². The first-order valence-electron chi connectivity index (χ1n) is 6.12. The highest BCUT2D eigenvalue weighted by Crippen LogP contribution is 2.31. The van der Waals surface area contributed by atoms with Crippen LogP contribution >= 0.6 is 23.2 Å². The third-order valence-corrected chi connectivity index (χ3v) is 3.71. The lowest BCUT2D eigenvalue weighted by Crippen LogP contribution is -2.27. The van der Waals surface area contributed by atoms with Gasteiger partial charge in [-0.1, -0.05) is 29.3 Å². The van der Waals surface area contributed by atoms with E-state index in [2.05, 4.69) is 5.32 Å². The predicted molar refractivity (Wildman–Crippen MR) is 73.8 cm³/mol. The molecule has 5 heteroatoms. The highest BCUT2D eigenvalue weighted by atomic mass is 35.5. The predicted octanol–water partition coefficient (Wildman–Crippen LogP) is 3.00. The first kappa shape index (κ1) is 13.9. The molecule has 1 N–H and O–H groups in total. The smallest absolute Gasteiger partial charge is 0.139 e. The van der Waals surface area contributed by atoms with Crippen molar-refractivity contribution in [2.75, 3.05) is 32.9 Å². The number of ether oxygens (including phenoxy) is 2. The van der Waals surface area contributed by atoms with E-state index in [1.165, 1.54) is 0 Å². The van der Waals surface area contributed by atoms with Crippen molar-refractivity contribution in [1.29, 1.82) is 0 Å². The van der Waals surface area contributed by atoms with Crippen LogP contribution in [0, 0.1) is 5.92 Å². The van der Waals surface area contributed by atoms with Crippen molar-refractivity contribution in [3.05, 3.63) is 28.2 Å². The molecule has 100 valence electrons. The van der Waals surface area contributed by atoms with Crippen LogP contribution in [-0.2, 0) is 4.74 Å². The summed E-state index contributed by atoms with van der Waals surface area (Å²) in [5.74, 6) is 1.27. The van der Waals surface area contributed by atoms with Crippen LogP contribution < -0.4 is 10.1 Å². The Morgan fingerprint density at radius 3 is 3.06 bits per heavy atom. The summed E-state index contributed by atoms with van der Waals surface area (Å²) in [7, 11) is 0. The van der Waals surface area contributed by atoms with Crippen LogP contribution in [0.1, 0.15) is 6.42 Å². The summed E-state index contributed by atoms with van der Waals surface area (Å²) < 4.78 is 10.9. The zero-order chi connectivity index (χ0) is 12.8. The van der Waals surface area contributed by atoms with Gasteiger partial charge in [-0.3, -0.25) is 0 Å². The summed E-state index contributed by atoms with van der Waals surface area (Å²) in [6.07, 6.45) is 1.15. The second-order valence-electron chi connectivity index (χ2n) is 4.33. The molecule has 1 fully saturated rings. The second-order valence-corrected chi connectivity index (χ2v) is 5.12. The third kappa shape index (κ3) is 4.02. The summed E-state index contributed by atoms with van der Waals surface area (Å²) in [5.41, 5.74) is 0. The van der Waals surface area contributed by atoms with Crippen LogP contribution in [-0.4, -0.2) is 32.9 Å². The van der Waals surface area contributed by atoms with Crippen LogP contribution in [0.15, 0.2) is 18.2 Å². The minimum atomic E-state index is 0.475. The number of hydrogen-bond acceptors (Lipinski definition) is 3. The van der Waals surface area contributed by atoms with Gasteiger partial charge in [0.2, 0.25) is 0 Å². The molecule has 2 rings (SSSR count). The van der Waals surface area contributed by atoms with Gasteiger partial charge in [-0.25, -0.2) is 0 Å². The van der Waals surface area contributed by atoms with Gasteiger partial charge in [-0.05, 0) is 24.5 Å². The van der Waals surface area contributed by atoms with Gasteiger partial charge >= 0.3 is 0 Å². The fourth-order valence-electron chi connectivity index (χ4n) is 1.88. The Kier molecular flexibility index (Phi) is 5.57. The molecule has 1 atom stereocenters. The molecule has 0 spiro atoms. The maximum Gasteiger partial charge on any atom is 0.139 e. The van der Waals surface area contributed by atoms with Crippen LogP contribution in [0.5, 0.6) is 5.75 Å². The fraction of sp³-hybridized carbons (Fsp3) is 0.538. The number of nitrogens with one attached hydrogen (secondary N) is 1. The maximum absolute atomic E-state index is 6.02. The lowest BCUT2D eigenvalue weighted by atomic mass is 10.1. The quantitative estimate of drug-likeness (QED) is 0.817. The minimum Gasteiger partial charge on any atom is -0.491 e. The van der Waals surface area contributed by atoms with Crippen molar-refractivity contribution in [3.63, 3.8) is 0 Å². The van der Waals surface area contributed by atoms with Gasteiger partial charge in [0.25, 0.3) is 0 Å². The lowest BCUT2D eigenvalue weighted by molar-refractivity contribution is 0.185. The molecule has 1 heterocycles. The standard InChI is InChI=1S/C13H17Cl2NO2/c14-11-2-1-3-12(13(11)15)18-7-5-16-8-10-4-6-17-9-10/h1-3,10,16H,4-9H2. The van der Waals surface area contributed by atoms with Crippen LogP contribution in [0.3, 0.4) is 0 Å². The van der Waals surface area contributed by atoms with E-state index < -0.39 is 0 Å². The molecule has 3 nitrogen and oxygen atoms in total. The van der Waals surface area contributed by atoms with E-state index in [1.54, 1.807) is 6.07 Å². The molecule has 1 aliphatic rings. The molecule has 0 radical (unpaired) electrons. The molecule has 1 aliphatic heterocycles. The van der Waals surface area contributed by atoms with Gasteiger partial charge in [0.1, 0.15) is 17.4 Å². The van der Waals surface area contributed by atoms with E-state index >= 15 is 0 Å². The molecule has 1 aromatic rings. The first-order chi connectivity index (χ1) is 8.77. The monoisotopic (exact) mass is 289 g/mol. The molecule has 18 heavy (non-hydrogen) atoms. The van der Waals surface area contributed by atoms with Crippen molar-refractivity contribution in [3.8, 4) is 5.75 Å². The van der Waals surface area contributed by atoms with E-state index in [0.29, 0.717) is 28.3 Å². The molecule has 0 aliphatic carbocycles. The van der Waals surface area contributed by atoms with Crippen LogP contribution in [0.25, 0.3) is 0 Å². The topological polar surface area (TPSA) is 30.5 Å². The average Bonchev–Trinajstić information content (AvgIpc) is 2.87. The first-order valence-corrected chi connectivity index (χ1v) is 6.88. The Morgan fingerprint density at radius 1 is 1.39 bits per heavy atom. The van der Waals surface area contributed by atoms with E-state index in [-0.39, 0.29) is 0 Å². The molecule has 1 unspecified atom stereocenters. The average molecular weight is 290 g/mol. The third-order valence-electron chi connectivity index (χ3n) is 2.91. The highest BCUT2D eigenvalue weighted by Gasteiger charge is 2.14. The summed E-state index contributed by atoms with van der Waals surface area (Å²) >= 11 is 11.9. The highest BCUT2D eigenvalue weighted by molar-refractivity contribution is 6.42. The Hall–Kier alpha value is -0.480. The Morgan fingerprint density at radius 2 is 2.28 bits per heavy atom. The normalized spacial score (nSPS) is 19.1. The van der Waals surface area contributed by atoms with Crippen molar-refractivity contribution >= 4 is 23.2 Å². The van der Waals surface area contributed by atoms with Crippen molar-refractivity contribution < 1.29 is 9.47 Å². The van der Waals surface area contributed by atoms with E-state index in [4.69, 9.17) is 32.7 Å². The van der Waals surface area contributed by atoms with E-state index in [1.807, 2.05) is 12.1 Å². The molecular weight excluding hydrogens is 273 g/mol. The fourth-order valence-corrected chi connectivity index (χ4v) is 2.23. The Balaban J connectivity index is 1.64. The molecular formula is C13H17Cl2NO2. The van der Waals surface area contributed by atoms with E-state index in [0.717, 1.165) is 32.7 Å². The molecule has 0 bridgehead atoms. The summed E-state index contributed by atoms with van der Waals surface area (Å²) in [6, 6.07) is 5.39. The van der Waals surface area contributed by atoms with Gasteiger partial charge in [0.15, 0.2) is 0 Å². The molecule has 1 aromatic carbocycles. The zero-order valence-electron chi connectivity index (χ0n) is 10.1. The number of hydrogen-bond donors (Lipinski definition) is 1. The summed E-state index contributed by atoms with van der Waals surface area (Å²) in [5, 5.41) is 4.34. The number of rotatable bonds is 6. The van der Waals surface area contributed by atoms with Gasteiger partial charge in [0.05, 0.1) is 11.6 Å². The van der Waals surface area contributed by atoms with Crippen molar-refractivity contribution in [2.45, 2.75) is 6.42 Å². The summed E-state index contributed by atoms with van der Waals surface area (Å²) in [6.45, 7) is 4.11. The minimum absolute atomic E-state index is 0.475. The SMILES string of the molecule is Clc1cccc(OCCNCC2CCOC2)c1Cl. The molecule has 0 amide bonds. The molecule has 0 aromatic heterocycles. The van der Waals surface area contributed by atoms with Crippen LogP contribution in [0.4, 0.5) is 0 Å².